The van der Waals surface area contributed by atoms with E-state index in [4.69, 9.17) is 11.6 Å². The smallest absolute Gasteiger partial charge is 0.348 e. The maximum atomic E-state index is 14.1. The molecule has 1 N–H and O–H groups in total. The average Bonchev–Trinajstić information content (AvgIpc) is 3.31. The second-order valence-electron chi connectivity index (χ2n) is 7.32. The first-order valence-electron chi connectivity index (χ1n) is 9.74. The Morgan fingerprint density at radius 1 is 1.21 bits per heavy atom. The van der Waals surface area contributed by atoms with E-state index in [-0.39, 0.29) is 23.3 Å². The molecule has 1 amide bonds. The zero-order chi connectivity index (χ0) is 20.4. The normalized spacial score (nSPS) is 16.5. The van der Waals surface area contributed by atoms with Crippen LogP contribution in [0.2, 0.25) is 0 Å². The molecule has 0 aliphatic heterocycles. The van der Waals surface area contributed by atoms with Gasteiger partial charge < -0.3 is 5.32 Å². The summed E-state index contributed by atoms with van der Waals surface area (Å²) < 4.78 is 29.1. The van der Waals surface area contributed by atoms with Gasteiger partial charge in [-0.2, -0.15) is 13.9 Å². The number of halogens is 3. The SMILES string of the molecule is O=C(NC1CCCCCCC1)c1cc2nc(-c3cccs3)cc(C(F)(F)Cl)n2n1. The molecule has 0 radical (unpaired) electrons. The first-order chi connectivity index (χ1) is 13.9. The Hall–Kier alpha value is -2.06. The van der Waals surface area contributed by atoms with Crippen molar-refractivity contribution in [2.45, 2.75) is 56.4 Å². The van der Waals surface area contributed by atoms with Crippen molar-refractivity contribution in [2.75, 3.05) is 0 Å². The number of fused-ring (bicyclic) bond motifs is 1. The maximum Gasteiger partial charge on any atom is 0.364 e. The van der Waals surface area contributed by atoms with Crippen molar-refractivity contribution in [1.82, 2.24) is 19.9 Å². The summed E-state index contributed by atoms with van der Waals surface area (Å²) in [7, 11) is 0. The van der Waals surface area contributed by atoms with Crippen LogP contribution in [-0.2, 0) is 5.38 Å². The standard InChI is InChI=1S/C20H21ClF2N4OS/c21-20(22,23)17-11-14(16-9-6-10-29-16)25-18-12-15(26-27(17)18)19(28)24-13-7-4-2-1-3-5-8-13/h6,9-13H,1-5,7-8H2,(H,24,28). The van der Waals surface area contributed by atoms with Gasteiger partial charge in [0.15, 0.2) is 11.3 Å². The van der Waals surface area contributed by atoms with Crippen LogP contribution in [-0.4, -0.2) is 26.5 Å². The van der Waals surface area contributed by atoms with Gasteiger partial charge in [0.05, 0.1) is 10.6 Å². The fourth-order valence-electron chi connectivity index (χ4n) is 3.70. The van der Waals surface area contributed by atoms with Crippen LogP contribution >= 0.6 is 22.9 Å². The Balaban J connectivity index is 1.66. The minimum Gasteiger partial charge on any atom is -0.348 e. The molecule has 9 heteroatoms. The number of aromatic nitrogens is 3. The van der Waals surface area contributed by atoms with Crippen molar-refractivity contribution in [1.29, 1.82) is 0 Å². The third kappa shape index (κ3) is 4.59. The Labute approximate surface area is 176 Å². The first-order valence-corrected chi connectivity index (χ1v) is 11.0. The summed E-state index contributed by atoms with van der Waals surface area (Å²) in [6.07, 6.45) is 7.57. The van der Waals surface area contributed by atoms with Crippen LogP contribution in [0, 0.1) is 0 Å². The molecule has 3 aromatic rings. The summed E-state index contributed by atoms with van der Waals surface area (Å²) in [5.41, 5.74) is 0.0753. The number of amides is 1. The first kappa shape index (κ1) is 20.2. The van der Waals surface area contributed by atoms with Crippen LogP contribution in [0.1, 0.15) is 61.1 Å². The van der Waals surface area contributed by atoms with Crippen LogP contribution in [0.5, 0.6) is 0 Å². The van der Waals surface area contributed by atoms with E-state index in [1.807, 2.05) is 11.4 Å². The molecule has 0 bridgehead atoms. The average molecular weight is 439 g/mol. The lowest BCUT2D eigenvalue weighted by Crippen LogP contribution is -2.35. The fraction of sp³-hybridized carbons (Fsp3) is 0.450. The number of rotatable bonds is 4. The van der Waals surface area contributed by atoms with E-state index in [0.29, 0.717) is 5.69 Å². The van der Waals surface area contributed by atoms with E-state index >= 15 is 0 Å². The molecule has 154 valence electrons. The molecule has 1 aliphatic rings. The second kappa shape index (κ2) is 8.36. The highest BCUT2D eigenvalue weighted by Gasteiger charge is 2.33. The van der Waals surface area contributed by atoms with Crippen LogP contribution in [0.4, 0.5) is 8.78 Å². The lowest BCUT2D eigenvalue weighted by Gasteiger charge is -2.20. The molecule has 3 heterocycles. The fourth-order valence-corrected chi connectivity index (χ4v) is 4.52. The van der Waals surface area contributed by atoms with Gasteiger partial charge in [-0.15, -0.1) is 11.3 Å². The minimum absolute atomic E-state index is 0.0602. The predicted octanol–water partition coefficient (Wildman–Crippen LogP) is 5.59. The number of nitrogens with one attached hydrogen (secondary N) is 1. The quantitative estimate of drug-likeness (QED) is 0.540. The molecule has 29 heavy (non-hydrogen) atoms. The Bertz CT molecular complexity index is 992. The van der Waals surface area contributed by atoms with Crippen molar-refractivity contribution in [2.24, 2.45) is 0 Å². The topological polar surface area (TPSA) is 59.3 Å². The molecular weight excluding hydrogens is 418 g/mol. The van der Waals surface area contributed by atoms with Crippen molar-refractivity contribution < 1.29 is 13.6 Å². The molecule has 1 saturated carbocycles. The van der Waals surface area contributed by atoms with Crippen LogP contribution < -0.4 is 5.32 Å². The molecule has 5 nitrogen and oxygen atoms in total. The Morgan fingerprint density at radius 2 is 1.93 bits per heavy atom. The molecule has 1 aliphatic carbocycles. The summed E-state index contributed by atoms with van der Waals surface area (Å²) in [4.78, 5) is 17.9. The van der Waals surface area contributed by atoms with E-state index in [2.05, 4.69) is 15.4 Å². The maximum absolute atomic E-state index is 14.1. The van der Waals surface area contributed by atoms with E-state index < -0.39 is 11.1 Å². The van der Waals surface area contributed by atoms with Crippen molar-refractivity contribution in [3.63, 3.8) is 0 Å². The van der Waals surface area contributed by atoms with Gasteiger partial charge in [0.1, 0.15) is 5.69 Å². The van der Waals surface area contributed by atoms with Crippen LogP contribution in [0.15, 0.2) is 29.6 Å². The third-order valence-electron chi connectivity index (χ3n) is 5.16. The summed E-state index contributed by atoms with van der Waals surface area (Å²) >= 11 is 6.71. The summed E-state index contributed by atoms with van der Waals surface area (Å²) in [5, 5.41) is 5.28. The molecule has 4 rings (SSSR count). The van der Waals surface area contributed by atoms with Crippen molar-refractivity contribution in [3.8, 4) is 10.6 Å². The largest absolute Gasteiger partial charge is 0.364 e. The highest BCUT2D eigenvalue weighted by Crippen LogP contribution is 2.35. The summed E-state index contributed by atoms with van der Waals surface area (Å²) in [6, 6.07) is 6.33. The van der Waals surface area contributed by atoms with Crippen molar-refractivity contribution in [3.05, 3.63) is 41.0 Å². The number of carbonyl (C=O) groups is 1. The number of alkyl halides is 3. The number of thiophene rings is 1. The molecule has 0 spiro atoms. The molecule has 0 aromatic carbocycles. The predicted molar refractivity (Wildman–Crippen MR) is 110 cm³/mol. The highest BCUT2D eigenvalue weighted by atomic mass is 35.5. The lowest BCUT2D eigenvalue weighted by atomic mass is 9.96. The monoisotopic (exact) mass is 438 g/mol. The zero-order valence-corrected chi connectivity index (χ0v) is 17.3. The van der Waals surface area contributed by atoms with E-state index in [0.717, 1.165) is 35.1 Å². The minimum atomic E-state index is -3.65. The van der Waals surface area contributed by atoms with E-state index in [1.165, 1.54) is 42.7 Å². The van der Waals surface area contributed by atoms with Crippen LogP contribution in [0.25, 0.3) is 16.2 Å². The molecule has 0 atom stereocenters. The van der Waals surface area contributed by atoms with E-state index in [1.54, 1.807) is 6.07 Å². The zero-order valence-electron chi connectivity index (χ0n) is 15.7. The van der Waals surface area contributed by atoms with Crippen molar-refractivity contribution >= 4 is 34.5 Å². The number of hydrogen-bond acceptors (Lipinski definition) is 4. The van der Waals surface area contributed by atoms with Crippen LogP contribution in [0.3, 0.4) is 0 Å². The molecule has 0 unspecified atom stereocenters. The number of nitrogens with zero attached hydrogens (tertiary/aromatic N) is 3. The van der Waals surface area contributed by atoms with Gasteiger partial charge in [0.25, 0.3) is 5.91 Å². The summed E-state index contributed by atoms with van der Waals surface area (Å²) in [5.74, 6) is -0.373. The van der Waals surface area contributed by atoms with Gasteiger partial charge in [-0.3, -0.25) is 4.79 Å². The lowest BCUT2D eigenvalue weighted by molar-refractivity contribution is 0.0864. The van der Waals surface area contributed by atoms with Gasteiger partial charge in [0, 0.05) is 12.1 Å². The Morgan fingerprint density at radius 3 is 2.59 bits per heavy atom. The van der Waals surface area contributed by atoms with E-state index in [9.17, 15) is 13.6 Å². The van der Waals surface area contributed by atoms with Gasteiger partial charge >= 0.3 is 5.38 Å². The van der Waals surface area contributed by atoms with Gasteiger partial charge in [-0.25, -0.2) is 9.50 Å². The molecule has 0 saturated heterocycles. The Kier molecular flexibility index (Phi) is 5.83. The summed E-state index contributed by atoms with van der Waals surface area (Å²) in [6.45, 7) is 0. The number of hydrogen-bond donors (Lipinski definition) is 1. The number of carbonyl (C=O) groups excluding carboxylic acids is 1. The third-order valence-corrected chi connectivity index (χ3v) is 6.25. The molecule has 1 fully saturated rings. The van der Waals surface area contributed by atoms with Gasteiger partial charge in [0.2, 0.25) is 0 Å². The molecule has 3 aromatic heterocycles. The highest BCUT2D eigenvalue weighted by molar-refractivity contribution is 7.13. The molecular formula is C20H21ClF2N4OS. The van der Waals surface area contributed by atoms with Gasteiger partial charge in [-0.1, -0.05) is 38.2 Å². The van der Waals surface area contributed by atoms with Gasteiger partial charge in [-0.05, 0) is 42.0 Å². The second-order valence-corrected chi connectivity index (χ2v) is 8.74.